The number of aromatic nitrogens is 1. The van der Waals surface area contributed by atoms with Crippen molar-refractivity contribution in [1.29, 1.82) is 0 Å². The second-order valence-corrected chi connectivity index (χ2v) is 21.9. The van der Waals surface area contributed by atoms with E-state index in [0.29, 0.717) is 6.61 Å². The molecule has 0 aliphatic rings. The Balaban J connectivity index is 2.10. The zero-order chi connectivity index (χ0) is 28.0. The monoisotopic (exact) mass is 545 g/mol. The first-order valence-corrected chi connectivity index (χ1v) is 18.6. The molecule has 0 spiro atoms. The van der Waals surface area contributed by atoms with E-state index in [4.69, 9.17) is 8.85 Å². The maximum atomic E-state index is 7.59. The molecule has 38 heavy (non-hydrogen) atoms. The van der Waals surface area contributed by atoms with Crippen molar-refractivity contribution in [3.8, 4) is 0 Å². The van der Waals surface area contributed by atoms with Crippen LogP contribution in [-0.2, 0) is 8.85 Å². The summed E-state index contributed by atoms with van der Waals surface area (Å²) in [5.41, 5.74) is 2.29. The van der Waals surface area contributed by atoms with E-state index in [9.17, 15) is 0 Å². The molecule has 0 aliphatic heterocycles. The van der Waals surface area contributed by atoms with Gasteiger partial charge in [0.25, 0.3) is 8.32 Å². The fraction of sp³-hybridized carbons (Fsp3) is 0.424. The lowest BCUT2D eigenvalue weighted by Crippen LogP contribution is -2.67. The smallest absolute Gasteiger partial charge is 0.261 e. The van der Waals surface area contributed by atoms with Gasteiger partial charge >= 0.3 is 0 Å². The average molecular weight is 546 g/mol. The highest BCUT2D eigenvalue weighted by atomic mass is 28.4. The van der Waals surface area contributed by atoms with E-state index in [-0.39, 0.29) is 16.2 Å². The molecule has 3 rings (SSSR count). The van der Waals surface area contributed by atoms with Gasteiger partial charge in [0.2, 0.25) is 0 Å². The summed E-state index contributed by atoms with van der Waals surface area (Å²) < 4.78 is 14.3. The van der Waals surface area contributed by atoms with Crippen LogP contribution in [0.5, 0.6) is 0 Å². The van der Waals surface area contributed by atoms with Gasteiger partial charge in [-0.3, -0.25) is 4.98 Å². The van der Waals surface area contributed by atoms with Crippen molar-refractivity contribution >= 4 is 33.1 Å². The number of hydrogen-bond donors (Lipinski definition) is 0. The zero-order valence-corrected chi connectivity index (χ0v) is 26.9. The molecule has 1 heterocycles. The molecule has 0 bridgehead atoms. The Hall–Kier alpha value is -2.32. The number of hydrogen-bond acceptors (Lipinski definition) is 3. The van der Waals surface area contributed by atoms with Gasteiger partial charge in [0.15, 0.2) is 8.32 Å². The lowest BCUT2D eigenvalue weighted by molar-refractivity contribution is 0.173. The molecule has 3 nitrogen and oxygen atoms in total. The minimum Gasteiger partial charge on any atom is -0.417 e. The van der Waals surface area contributed by atoms with Crippen LogP contribution in [0.1, 0.15) is 60.5 Å². The Kier molecular flexibility index (Phi) is 9.74. The van der Waals surface area contributed by atoms with Crippen LogP contribution in [0, 0.1) is 0 Å². The van der Waals surface area contributed by atoms with E-state index in [2.05, 4.69) is 139 Å². The van der Waals surface area contributed by atoms with Crippen LogP contribution in [0.2, 0.25) is 23.2 Å². The fourth-order valence-electron chi connectivity index (χ4n) is 4.74. The van der Waals surface area contributed by atoms with Crippen molar-refractivity contribution in [2.24, 2.45) is 0 Å². The third-order valence-electron chi connectivity index (χ3n) is 7.97. The van der Waals surface area contributed by atoms with E-state index >= 15 is 0 Å². The fourth-order valence-corrected chi connectivity index (χ4v) is 10.5. The Morgan fingerprint density at radius 1 is 0.816 bits per heavy atom. The van der Waals surface area contributed by atoms with Crippen LogP contribution in [0.25, 0.3) is 6.08 Å². The van der Waals surface area contributed by atoms with E-state index in [1.807, 2.05) is 18.5 Å². The van der Waals surface area contributed by atoms with Crippen molar-refractivity contribution in [2.75, 3.05) is 6.61 Å². The maximum Gasteiger partial charge on any atom is 0.261 e. The molecule has 2 aromatic carbocycles. The minimum atomic E-state index is -2.73. The van der Waals surface area contributed by atoms with Crippen LogP contribution in [0.3, 0.4) is 0 Å². The van der Waals surface area contributed by atoms with Gasteiger partial charge in [-0.2, -0.15) is 0 Å². The Morgan fingerprint density at radius 3 is 1.82 bits per heavy atom. The summed E-state index contributed by atoms with van der Waals surface area (Å²) in [4.78, 5) is 4.33. The van der Waals surface area contributed by atoms with Gasteiger partial charge in [-0.25, -0.2) is 0 Å². The summed E-state index contributed by atoms with van der Waals surface area (Å²) in [5.74, 6) is 0. The first-order valence-electron chi connectivity index (χ1n) is 13.8. The normalized spacial score (nSPS) is 14.4. The molecule has 204 valence electrons. The van der Waals surface area contributed by atoms with Crippen LogP contribution in [0.4, 0.5) is 0 Å². The lowest BCUT2D eigenvalue weighted by Gasteiger charge is -2.45. The minimum absolute atomic E-state index is 0.0914. The van der Waals surface area contributed by atoms with E-state index in [0.717, 1.165) is 12.0 Å². The predicted octanol–water partition coefficient (Wildman–Crippen LogP) is 7.84. The van der Waals surface area contributed by atoms with Gasteiger partial charge < -0.3 is 8.85 Å². The molecule has 5 heteroatoms. The van der Waals surface area contributed by atoms with Gasteiger partial charge in [0.05, 0.1) is 6.10 Å². The SMILES string of the molecule is C/C(=C\c1cccnc1)[C@H](CCO[Si](C)(C)C(C)(C)C)O[Si](c1ccccc1)(c1ccccc1)C(C)(C)C. The number of benzene rings is 2. The van der Waals surface area contributed by atoms with Gasteiger partial charge in [-0.1, -0.05) is 114 Å². The Labute approximate surface area is 233 Å². The molecular weight excluding hydrogens is 499 g/mol. The lowest BCUT2D eigenvalue weighted by atomic mass is 10.1. The third kappa shape index (κ3) is 7.00. The van der Waals surface area contributed by atoms with Crippen molar-refractivity contribution in [3.63, 3.8) is 0 Å². The first kappa shape index (κ1) is 30.2. The maximum absolute atomic E-state index is 7.59. The standard InChI is InChI=1S/C33H47NO2Si2/c1-27(25-28-17-16-23-34-26-28)31(22-24-35-37(8,9)32(2,3)4)36-38(33(5,6)7,29-18-12-10-13-19-29)30-20-14-11-15-21-30/h10-21,23,25-26,31H,22,24H2,1-9H3/b27-25+/t31-/m0/s1. The molecule has 0 fully saturated rings. The van der Waals surface area contributed by atoms with Crippen molar-refractivity contribution < 1.29 is 8.85 Å². The average Bonchev–Trinajstić information content (AvgIpc) is 2.86. The highest BCUT2D eigenvalue weighted by molar-refractivity contribution is 6.99. The zero-order valence-electron chi connectivity index (χ0n) is 24.9. The summed E-state index contributed by atoms with van der Waals surface area (Å²) in [6, 6.07) is 25.9. The molecule has 0 N–H and O–H groups in total. The third-order valence-corrected chi connectivity index (χ3v) is 17.6. The number of rotatable bonds is 10. The van der Waals surface area contributed by atoms with Crippen LogP contribution in [0.15, 0.2) is 90.8 Å². The summed E-state index contributed by atoms with van der Waals surface area (Å²) in [5, 5.41) is 2.66. The predicted molar refractivity (Wildman–Crippen MR) is 168 cm³/mol. The molecule has 1 aromatic heterocycles. The van der Waals surface area contributed by atoms with Gasteiger partial charge in [0, 0.05) is 19.0 Å². The molecule has 0 aliphatic carbocycles. The van der Waals surface area contributed by atoms with Crippen LogP contribution in [-0.4, -0.2) is 34.3 Å². The highest BCUT2D eigenvalue weighted by Crippen LogP contribution is 2.40. The van der Waals surface area contributed by atoms with E-state index in [1.165, 1.54) is 15.9 Å². The topological polar surface area (TPSA) is 31.4 Å². The first-order chi connectivity index (χ1) is 17.8. The molecule has 0 saturated heterocycles. The summed E-state index contributed by atoms with van der Waals surface area (Å²) in [6.45, 7) is 21.4. The van der Waals surface area contributed by atoms with Gasteiger partial charge in [0.1, 0.15) is 0 Å². The van der Waals surface area contributed by atoms with Crippen molar-refractivity contribution in [2.45, 2.75) is 84.2 Å². The number of nitrogens with zero attached hydrogens (tertiary/aromatic N) is 1. The van der Waals surface area contributed by atoms with Crippen LogP contribution < -0.4 is 10.4 Å². The second-order valence-electron chi connectivity index (χ2n) is 12.8. The van der Waals surface area contributed by atoms with Crippen LogP contribution >= 0.6 is 0 Å². The Morgan fingerprint density at radius 2 is 1.37 bits per heavy atom. The Bertz CT molecular complexity index is 1120. The molecule has 0 amide bonds. The molecule has 3 aromatic rings. The molecule has 0 saturated carbocycles. The quantitative estimate of drug-likeness (QED) is 0.243. The van der Waals surface area contributed by atoms with Crippen molar-refractivity contribution in [1.82, 2.24) is 4.98 Å². The largest absolute Gasteiger partial charge is 0.417 e. The van der Waals surface area contributed by atoms with E-state index < -0.39 is 16.6 Å². The molecular formula is C33H47NO2Si2. The highest BCUT2D eigenvalue weighted by Gasteiger charge is 2.51. The van der Waals surface area contributed by atoms with Gasteiger partial charge in [-0.15, -0.1) is 0 Å². The molecule has 0 radical (unpaired) electrons. The molecule has 1 atom stereocenters. The molecule has 0 unspecified atom stereocenters. The van der Waals surface area contributed by atoms with Crippen molar-refractivity contribution in [3.05, 3.63) is 96.3 Å². The summed E-state index contributed by atoms with van der Waals surface area (Å²) in [7, 11) is -4.60. The summed E-state index contributed by atoms with van der Waals surface area (Å²) >= 11 is 0. The summed E-state index contributed by atoms with van der Waals surface area (Å²) in [6.07, 6.45) is 6.67. The van der Waals surface area contributed by atoms with Gasteiger partial charge in [-0.05, 0) is 64.1 Å². The number of pyridine rings is 1. The van der Waals surface area contributed by atoms with E-state index in [1.54, 1.807) is 0 Å². The second kappa shape index (κ2) is 12.2.